The normalized spacial score (nSPS) is 14.9. The standard InChI is InChI=1S/C11H21N3O2/c1-8(2)11(16)13-6-5-12-10(15)7-14-9-3-4-9/h8-9,14H,3-7H2,1-2H3,(H,12,15)(H,13,16). The predicted molar refractivity (Wildman–Crippen MR) is 61.9 cm³/mol. The number of hydrogen-bond donors (Lipinski definition) is 3. The highest BCUT2D eigenvalue weighted by Gasteiger charge is 2.20. The van der Waals surface area contributed by atoms with Crippen molar-refractivity contribution in [2.45, 2.75) is 32.7 Å². The molecule has 16 heavy (non-hydrogen) atoms. The van der Waals surface area contributed by atoms with E-state index in [1.54, 1.807) is 0 Å². The number of nitrogens with one attached hydrogen (secondary N) is 3. The Balaban J connectivity index is 1.93. The van der Waals surface area contributed by atoms with Gasteiger partial charge in [-0.3, -0.25) is 9.59 Å². The molecule has 0 aliphatic heterocycles. The third-order valence-corrected chi connectivity index (χ3v) is 2.40. The lowest BCUT2D eigenvalue weighted by Crippen LogP contribution is -2.40. The Hall–Kier alpha value is -1.10. The molecule has 92 valence electrons. The van der Waals surface area contributed by atoms with Crippen LogP contribution in [0.3, 0.4) is 0 Å². The predicted octanol–water partition coefficient (Wildman–Crippen LogP) is -0.373. The van der Waals surface area contributed by atoms with Gasteiger partial charge in [-0.05, 0) is 12.8 Å². The van der Waals surface area contributed by atoms with E-state index in [1.807, 2.05) is 13.8 Å². The first-order valence-electron chi connectivity index (χ1n) is 5.87. The van der Waals surface area contributed by atoms with Gasteiger partial charge in [-0.15, -0.1) is 0 Å². The second kappa shape index (κ2) is 6.48. The fourth-order valence-corrected chi connectivity index (χ4v) is 1.18. The molecule has 0 aromatic rings. The van der Waals surface area contributed by atoms with Gasteiger partial charge in [-0.2, -0.15) is 0 Å². The van der Waals surface area contributed by atoms with Crippen molar-refractivity contribution >= 4 is 11.8 Å². The maximum Gasteiger partial charge on any atom is 0.234 e. The van der Waals surface area contributed by atoms with E-state index in [4.69, 9.17) is 0 Å². The fourth-order valence-electron chi connectivity index (χ4n) is 1.18. The van der Waals surface area contributed by atoms with Gasteiger partial charge in [0.15, 0.2) is 0 Å². The summed E-state index contributed by atoms with van der Waals surface area (Å²) < 4.78 is 0. The summed E-state index contributed by atoms with van der Waals surface area (Å²) in [7, 11) is 0. The first-order valence-corrected chi connectivity index (χ1v) is 5.87. The van der Waals surface area contributed by atoms with Crippen molar-refractivity contribution < 1.29 is 9.59 Å². The van der Waals surface area contributed by atoms with E-state index >= 15 is 0 Å². The van der Waals surface area contributed by atoms with Crippen LogP contribution in [0.2, 0.25) is 0 Å². The van der Waals surface area contributed by atoms with Crippen molar-refractivity contribution in [1.29, 1.82) is 0 Å². The Bertz CT molecular complexity index is 250. The molecule has 0 aromatic heterocycles. The second-order valence-electron chi connectivity index (χ2n) is 4.45. The van der Waals surface area contributed by atoms with Crippen LogP contribution < -0.4 is 16.0 Å². The van der Waals surface area contributed by atoms with Crippen molar-refractivity contribution in [3.8, 4) is 0 Å². The van der Waals surface area contributed by atoms with Crippen LogP contribution >= 0.6 is 0 Å². The van der Waals surface area contributed by atoms with E-state index in [0.29, 0.717) is 25.7 Å². The Kier molecular flexibility index (Phi) is 5.25. The monoisotopic (exact) mass is 227 g/mol. The largest absolute Gasteiger partial charge is 0.354 e. The summed E-state index contributed by atoms with van der Waals surface area (Å²) in [5, 5.41) is 8.61. The Labute approximate surface area is 96.4 Å². The Morgan fingerprint density at radius 2 is 1.81 bits per heavy atom. The van der Waals surface area contributed by atoms with Crippen LogP contribution in [0.25, 0.3) is 0 Å². The fraction of sp³-hybridized carbons (Fsp3) is 0.818. The minimum Gasteiger partial charge on any atom is -0.354 e. The van der Waals surface area contributed by atoms with Crippen molar-refractivity contribution in [2.24, 2.45) is 5.92 Å². The molecular formula is C11H21N3O2. The molecule has 0 heterocycles. The summed E-state index contributed by atoms with van der Waals surface area (Å²) >= 11 is 0. The van der Waals surface area contributed by atoms with Gasteiger partial charge in [-0.1, -0.05) is 13.8 Å². The van der Waals surface area contributed by atoms with Crippen molar-refractivity contribution in [1.82, 2.24) is 16.0 Å². The van der Waals surface area contributed by atoms with Gasteiger partial charge in [0.1, 0.15) is 0 Å². The van der Waals surface area contributed by atoms with Crippen LogP contribution in [0, 0.1) is 5.92 Å². The quantitative estimate of drug-likeness (QED) is 0.520. The number of hydrogen-bond acceptors (Lipinski definition) is 3. The van der Waals surface area contributed by atoms with Crippen LogP contribution in [0.15, 0.2) is 0 Å². The first kappa shape index (κ1) is 13.0. The summed E-state index contributed by atoms with van der Waals surface area (Å²) in [6.45, 7) is 5.04. The van der Waals surface area contributed by atoms with Crippen molar-refractivity contribution in [2.75, 3.05) is 19.6 Å². The number of amides is 2. The van der Waals surface area contributed by atoms with Crippen molar-refractivity contribution in [3.63, 3.8) is 0 Å². The highest BCUT2D eigenvalue weighted by molar-refractivity contribution is 5.79. The number of carbonyl (C=O) groups excluding carboxylic acids is 2. The summed E-state index contributed by atoms with van der Waals surface area (Å²) in [4.78, 5) is 22.4. The molecule has 0 aromatic carbocycles. The highest BCUT2D eigenvalue weighted by Crippen LogP contribution is 2.17. The van der Waals surface area contributed by atoms with Gasteiger partial charge < -0.3 is 16.0 Å². The summed E-state index contributed by atoms with van der Waals surface area (Å²) in [6, 6.07) is 0.548. The van der Waals surface area contributed by atoms with Crippen LogP contribution in [0.5, 0.6) is 0 Å². The minimum absolute atomic E-state index is 0.00719. The maximum atomic E-state index is 11.3. The maximum absolute atomic E-state index is 11.3. The highest BCUT2D eigenvalue weighted by atomic mass is 16.2. The zero-order valence-corrected chi connectivity index (χ0v) is 10.0. The van der Waals surface area contributed by atoms with Gasteiger partial charge in [-0.25, -0.2) is 0 Å². The van der Waals surface area contributed by atoms with E-state index in [0.717, 1.165) is 0 Å². The summed E-state index contributed by atoms with van der Waals surface area (Å²) in [6.07, 6.45) is 2.36. The van der Waals surface area contributed by atoms with E-state index in [-0.39, 0.29) is 17.7 Å². The SMILES string of the molecule is CC(C)C(=O)NCCNC(=O)CNC1CC1. The smallest absolute Gasteiger partial charge is 0.234 e. The first-order chi connectivity index (χ1) is 7.59. The van der Waals surface area contributed by atoms with E-state index < -0.39 is 0 Å². The molecule has 1 fully saturated rings. The van der Waals surface area contributed by atoms with E-state index in [1.165, 1.54) is 12.8 Å². The summed E-state index contributed by atoms with van der Waals surface area (Å²) in [5.74, 6) is 0.00304. The molecule has 5 nitrogen and oxygen atoms in total. The van der Waals surface area contributed by atoms with Crippen LogP contribution in [-0.4, -0.2) is 37.5 Å². The number of carbonyl (C=O) groups is 2. The average Bonchev–Trinajstić information content (AvgIpc) is 3.04. The molecule has 0 saturated heterocycles. The molecule has 1 rings (SSSR count). The molecule has 0 unspecified atom stereocenters. The molecule has 0 bridgehead atoms. The third-order valence-electron chi connectivity index (χ3n) is 2.40. The van der Waals surface area contributed by atoms with Crippen LogP contribution in [0.4, 0.5) is 0 Å². The van der Waals surface area contributed by atoms with Gasteiger partial charge in [0.05, 0.1) is 6.54 Å². The van der Waals surface area contributed by atoms with Crippen LogP contribution in [-0.2, 0) is 9.59 Å². The zero-order valence-electron chi connectivity index (χ0n) is 10.0. The third kappa shape index (κ3) is 5.70. The topological polar surface area (TPSA) is 70.2 Å². The Morgan fingerprint density at radius 3 is 2.38 bits per heavy atom. The van der Waals surface area contributed by atoms with Gasteiger partial charge in [0.25, 0.3) is 0 Å². The number of rotatable bonds is 7. The molecule has 1 aliphatic rings. The van der Waals surface area contributed by atoms with Crippen LogP contribution in [0.1, 0.15) is 26.7 Å². The lowest BCUT2D eigenvalue weighted by molar-refractivity contribution is -0.124. The van der Waals surface area contributed by atoms with Gasteiger partial charge in [0, 0.05) is 25.0 Å². The lowest BCUT2D eigenvalue weighted by Gasteiger charge is -2.09. The average molecular weight is 227 g/mol. The molecular weight excluding hydrogens is 206 g/mol. The Morgan fingerprint density at radius 1 is 1.19 bits per heavy atom. The van der Waals surface area contributed by atoms with Gasteiger partial charge >= 0.3 is 0 Å². The molecule has 0 atom stereocenters. The second-order valence-corrected chi connectivity index (χ2v) is 4.45. The molecule has 0 spiro atoms. The minimum atomic E-state index is -0.00861. The molecule has 5 heteroatoms. The molecule has 1 saturated carbocycles. The van der Waals surface area contributed by atoms with E-state index in [9.17, 15) is 9.59 Å². The molecule has 2 amide bonds. The molecule has 1 aliphatic carbocycles. The molecule has 3 N–H and O–H groups in total. The summed E-state index contributed by atoms with van der Waals surface area (Å²) in [5.41, 5.74) is 0. The molecule has 0 radical (unpaired) electrons. The van der Waals surface area contributed by atoms with E-state index in [2.05, 4.69) is 16.0 Å². The van der Waals surface area contributed by atoms with Gasteiger partial charge in [0.2, 0.25) is 11.8 Å². The lowest BCUT2D eigenvalue weighted by atomic mass is 10.2. The van der Waals surface area contributed by atoms with Crippen molar-refractivity contribution in [3.05, 3.63) is 0 Å². The zero-order chi connectivity index (χ0) is 12.0.